The van der Waals surface area contributed by atoms with Gasteiger partial charge in [0.1, 0.15) is 5.69 Å². The first kappa shape index (κ1) is 10.7. The summed E-state index contributed by atoms with van der Waals surface area (Å²) in [6.07, 6.45) is 0. The van der Waals surface area contributed by atoms with Crippen LogP contribution in [-0.2, 0) is 0 Å². The first-order chi connectivity index (χ1) is 7.10. The Bertz CT molecular complexity index is 456. The molecule has 7 nitrogen and oxygen atoms in total. The summed E-state index contributed by atoms with van der Waals surface area (Å²) in [7, 11) is 1.18. The summed E-state index contributed by atoms with van der Waals surface area (Å²) in [5.74, 6) is -1.11. The molecule has 0 amide bonds. The Labute approximate surface area is 82.9 Å². The molecule has 0 fully saturated rings. The number of halogens is 1. The van der Waals surface area contributed by atoms with Crippen molar-refractivity contribution in [1.29, 1.82) is 0 Å². The van der Waals surface area contributed by atoms with Gasteiger partial charge in [0.2, 0.25) is 0 Å². The minimum Gasteiger partial charge on any atom is -0.493 e. The van der Waals surface area contributed by atoms with Crippen molar-refractivity contribution in [2.45, 2.75) is 0 Å². The van der Waals surface area contributed by atoms with Crippen LogP contribution in [-0.4, -0.2) is 12.0 Å². The van der Waals surface area contributed by atoms with Crippen molar-refractivity contribution in [3.05, 3.63) is 38.5 Å². The Morgan fingerprint density at radius 2 is 2.33 bits per heavy atom. The van der Waals surface area contributed by atoms with Gasteiger partial charge in [0.25, 0.3) is 5.69 Å². The number of rotatable bonds is 3. The molecule has 78 valence electrons. The number of nitro benzene ring substituents is 1. The Morgan fingerprint density at radius 1 is 1.67 bits per heavy atom. The van der Waals surface area contributed by atoms with Gasteiger partial charge in [0.05, 0.1) is 18.1 Å². The van der Waals surface area contributed by atoms with Gasteiger partial charge in [-0.05, 0) is 11.6 Å². The molecule has 15 heavy (non-hydrogen) atoms. The molecule has 0 saturated carbocycles. The lowest BCUT2D eigenvalue weighted by Crippen LogP contribution is -1.93. The third-order valence-corrected chi connectivity index (χ3v) is 1.60. The standard InChI is InChI=1S/C7H5FN4O3/c1-15-7-3-6(12(13)14)5(10-11-9)2-4(7)8/h2-3H,1H3. The largest absolute Gasteiger partial charge is 0.493 e. The van der Waals surface area contributed by atoms with E-state index in [1.54, 1.807) is 0 Å². The maximum atomic E-state index is 13.1. The molecule has 0 spiro atoms. The van der Waals surface area contributed by atoms with Gasteiger partial charge >= 0.3 is 0 Å². The van der Waals surface area contributed by atoms with Crippen LogP contribution in [0, 0.1) is 15.9 Å². The van der Waals surface area contributed by atoms with Crippen LogP contribution in [0.15, 0.2) is 17.2 Å². The predicted octanol–water partition coefficient (Wildman–Crippen LogP) is 2.68. The van der Waals surface area contributed by atoms with E-state index in [2.05, 4.69) is 14.8 Å². The van der Waals surface area contributed by atoms with Gasteiger partial charge in [-0.25, -0.2) is 4.39 Å². The van der Waals surface area contributed by atoms with E-state index in [9.17, 15) is 14.5 Å². The summed E-state index contributed by atoms with van der Waals surface area (Å²) < 4.78 is 17.6. The number of hydrogen-bond donors (Lipinski definition) is 0. The van der Waals surface area contributed by atoms with Crippen molar-refractivity contribution >= 4 is 11.4 Å². The van der Waals surface area contributed by atoms with Gasteiger partial charge in [-0.3, -0.25) is 10.1 Å². The number of nitro groups is 1. The summed E-state index contributed by atoms with van der Waals surface area (Å²) in [5, 5.41) is 13.5. The molecule has 0 atom stereocenters. The fourth-order valence-corrected chi connectivity index (χ4v) is 0.963. The number of azide groups is 1. The zero-order valence-electron chi connectivity index (χ0n) is 7.55. The molecule has 1 aromatic carbocycles. The molecule has 0 aliphatic heterocycles. The summed E-state index contributed by atoms with van der Waals surface area (Å²) >= 11 is 0. The van der Waals surface area contributed by atoms with Crippen molar-refractivity contribution in [2.75, 3.05) is 7.11 Å². The Kier molecular flexibility index (Phi) is 3.04. The van der Waals surface area contributed by atoms with Crippen molar-refractivity contribution in [1.82, 2.24) is 0 Å². The zero-order chi connectivity index (χ0) is 11.4. The summed E-state index contributed by atoms with van der Waals surface area (Å²) in [6, 6.07) is 1.61. The van der Waals surface area contributed by atoms with Crippen molar-refractivity contribution < 1.29 is 14.1 Å². The molecular weight excluding hydrogens is 207 g/mol. The molecule has 0 heterocycles. The number of methoxy groups -OCH3 is 1. The van der Waals surface area contributed by atoms with Crippen LogP contribution in [0.1, 0.15) is 0 Å². The molecule has 0 radical (unpaired) electrons. The lowest BCUT2D eigenvalue weighted by atomic mass is 10.2. The topological polar surface area (TPSA) is 101 Å². The van der Waals surface area contributed by atoms with Crippen LogP contribution in [0.4, 0.5) is 15.8 Å². The van der Waals surface area contributed by atoms with Gasteiger partial charge in [0, 0.05) is 4.91 Å². The number of hydrogen-bond acceptors (Lipinski definition) is 4. The maximum Gasteiger partial charge on any atom is 0.282 e. The van der Waals surface area contributed by atoms with E-state index in [0.717, 1.165) is 12.1 Å². The molecule has 0 aliphatic carbocycles. The highest BCUT2D eigenvalue weighted by atomic mass is 19.1. The quantitative estimate of drug-likeness (QED) is 0.253. The average Bonchev–Trinajstić information content (AvgIpc) is 2.18. The molecule has 8 heteroatoms. The smallest absolute Gasteiger partial charge is 0.282 e. The van der Waals surface area contributed by atoms with E-state index in [-0.39, 0.29) is 11.4 Å². The van der Waals surface area contributed by atoms with Crippen LogP contribution < -0.4 is 4.74 Å². The molecule has 0 saturated heterocycles. The molecule has 0 aromatic heterocycles. The zero-order valence-corrected chi connectivity index (χ0v) is 7.55. The Balaban J connectivity index is 3.44. The van der Waals surface area contributed by atoms with Crippen LogP contribution >= 0.6 is 0 Å². The summed E-state index contributed by atoms with van der Waals surface area (Å²) in [4.78, 5) is 12.1. The van der Waals surface area contributed by atoms with E-state index in [1.165, 1.54) is 7.11 Å². The number of benzene rings is 1. The fourth-order valence-electron chi connectivity index (χ4n) is 0.963. The van der Waals surface area contributed by atoms with Gasteiger partial charge in [-0.1, -0.05) is 5.11 Å². The molecule has 1 aromatic rings. The van der Waals surface area contributed by atoms with E-state index in [4.69, 9.17) is 5.53 Å². The van der Waals surface area contributed by atoms with Crippen LogP contribution in [0.25, 0.3) is 10.4 Å². The van der Waals surface area contributed by atoms with Crippen molar-refractivity contribution in [2.24, 2.45) is 5.11 Å². The second kappa shape index (κ2) is 4.25. The first-order valence-corrected chi connectivity index (χ1v) is 3.67. The fraction of sp³-hybridized carbons (Fsp3) is 0.143. The van der Waals surface area contributed by atoms with E-state index in [1.807, 2.05) is 0 Å². The van der Waals surface area contributed by atoms with Gasteiger partial charge in [-0.15, -0.1) is 0 Å². The molecule has 0 bridgehead atoms. The minimum absolute atomic E-state index is 0.279. The molecule has 0 aliphatic rings. The maximum absolute atomic E-state index is 13.1. The van der Waals surface area contributed by atoms with Crippen molar-refractivity contribution in [3.63, 3.8) is 0 Å². The van der Waals surface area contributed by atoms with E-state index < -0.39 is 16.4 Å². The second-order valence-electron chi connectivity index (χ2n) is 2.42. The summed E-state index contributed by atoms with van der Waals surface area (Å²) in [6.45, 7) is 0. The molecule has 0 N–H and O–H groups in total. The van der Waals surface area contributed by atoms with E-state index in [0.29, 0.717) is 0 Å². The monoisotopic (exact) mass is 212 g/mol. The van der Waals surface area contributed by atoms with Crippen LogP contribution in [0.2, 0.25) is 0 Å². The highest BCUT2D eigenvalue weighted by Gasteiger charge is 2.17. The Morgan fingerprint density at radius 3 is 2.80 bits per heavy atom. The Hall–Kier alpha value is -2.34. The normalized spacial score (nSPS) is 9.20. The molecule has 1 rings (SSSR count). The van der Waals surface area contributed by atoms with Crippen molar-refractivity contribution in [3.8, 4) is 5.75 Å². The highest BCUT2D eigenvalue weighted by Crippen LogP contribution is 2.33. The predicted molar refractivity (Wildman–Crippen MR) is 48.4 cm³/mol. The molecule has 0 unspecified atom stereocenters. The third kappa shape index (κ3) is 2.12. The average molecular weight is 212 g/mol. The SMILES string of the molecule is COc1cc([N+](=O)[O-])c(N=[N+]=[N-])cc1F. The third-order valence-electron chi connectivity index (χ3n) is 1.60. The minimum atomic E-state index is -0.828. The van der Waals surface area contributed by atoms with E-state index >= 15 is 0 Å². The van der Waals surface area contributed by atoms with Crippen LogP contribution in [0.5, 0.6) is 5.75 Å². The highest BCUT2D eigenvalue weighted by molar-refractivity contribution is 5.60. The van der Waals surface area contributed by atoms with Gasteiger partial charge < -0.3 is 4.74 Å². The lowest BCUT2D eigenvalue weighted by Gasteiger charge is -2.02. The van der Waals surface area contributed by atoms with Gasteiger partial charge in [-0.2, -0.15) is 0 Å². The molecular formula is C7H5FN4O3. The first-order valence-electron chi connectivity index (χ1n) is 3.67. The number of nitrogens with zero attached hydrogens (tertiary/aromatic N) is 4. The summed E-state index contributed by atoms with van der Waals surface area (Å²) in [5.41, 5.74) is 7.23. The second-order valence-corrected chi connectivity index (χ2v) is 2.42. The van der Waals surface area contributed by atoms with Gasteiger partial charge in [0.15, 0.2) is 11.6 Å². The van der Waals surface area contributed by atoms with Crippen LogP contribution in [0.3, 0.4) is 0 Å². The number of ether oxygens (including phenoxy) is 1. The lowest BCUT2D eigenvalue weighted by molar-refractivity contribution is -0.384.